The second-order valence-corrected chi connectivity index (χ2v) is 4.68. The van der Waals surface area contributed by atoms with E-state index < -0.39 is 12.1 Å². The lowest BCUT2D eigenvalue weighted by Gasteiger charge is -2.11. The normalized spacial score (nSPS) is 12.8. The molecule has 1 aliphatic heterocycles. The number of nitrogens with zero attached hydrogens (tertiary/aromatic N) is 2. The van der Waals surface area contributed by atoms with Gasteiger partial charge in [-0.1, -0.05) is 0 Å². The van der Waals surface area contributed by atoms with E-state index in [9.17, 15) is 18.3 Å². The predicted molar refractivity (Wildman–Crippen MR) is 76.0 cm³/mol. The lowest BCUT2D eigenvalue weighted by molar-refractivity contribution is -0.192. The molecule has 24 heavy (non-hydrogen) atoms. The molecule has 0 spiro atoms. The summed E-state index contributed by atoms with van der Waals surface area (Å²) >= 11 is 0. The molecule has 0 saturated carbocycles. The molecule has 3 rings (SSSR count). The fourth-order valence-electron chi connectivity index (χ4n) is 2.18. The number of rotatable bonds is 1. The SMILES string of the molecule is COc1c(O)ccc2c3n(c(=N)nc12)CCN3.O=C(O)C(F)(F)F. The largest absolute Gasteiger partial charge is 0.504 e. The summed E-state index contributed by atoms with van der Waals surface area (Å²) in [5, 5.41) is 28.7. The molecular weight excluding hydrogens is 333 g/mol. The third-order valence-corrected chi connectivity index (χ3v) is 3.18. The van der Waals surface area contributed by atoms with E-state index in [2.05, 4.69) is 10.3 Å². The molecule has 0 fully saturated rings. The Hall–Kier alpha value is -2.98. The number of anilines is 1. The van der Waals surface area contributed by atoms with E-state index >= 15 is 0 Å². The first-order valence-electron chi connectivity index (χ1n) is 6.56. The molecule has 2 heterocycles. The van der Waals surface area contributed by atoms with E-state index in [4.69, 9.17) is 20.0 Å². The lowest BCUT2D eigenvalue weighted by atomic mass is 10.2. The molecule has 8 nitrogen and oxygen atoms in total. The Balaban J connectivity index is 0.000000256. The summed E-state index contributed by atoms with van der Waals surface area (Å²) in [6.45, 7) is 1.52. The molecule has 1 aliphatic rings. The first kappa shape index (κ1) is 17.4. The minimum Gasteiger partial charge on any atom is -0.504 e. The Morgan fingerprint density at radius 1 is 1.46 bits per heavy atom. The number of carboxylic acid groups (broad SMARTS) is 1. The van der Waals surface area contributed by atoms with Crippen molar-refractivity contribution < 1.29 is 32.9 Å². The number of fused-ring (bicyclic) bond motifs is 3. The van der Waals surface area contributed by atoms with E-state index in [1.807, 2.05) is 0 Å². The van der Waals surface area contributed by atoms with Crippen LogP contribution in [0.25, 0.3) is 10.9 Å². The van der Waals surface area contributed by atoms with Crippen LogP contribution in [0.2, 0.25) is 0 Å². The molecule has 0 radical (unpaired) electrons. The maximum atomic E-state index is 10.6. The predicted octanol–water partition coefficient (Wildman–Crippen LogP) is 1.29. The van der Waals surface area contributed by atoms with E-state index in [1.54, 1.807) is 16.7 Å². The van der Waals surface area contributed by atoms with Crippen LogP contribution in [0.15, 0.2) is 12.1 Å². The molecule has 4 N–H and O–H groups in total. The van der Waals surface area contributed by atoms with Crippen molar-refractivity contribution in [2.24, 2.45) is 0 Å². The highest BCUT2D eigenvalue weighted by atomic mass is 19.4. The van der Waals surface area contributed by atoms with Crippen LogP contribution in [0.5, 0.6) is 11.5 Å². The Morgan fingerprint density at radius 2 is 2.08 bits per heavy atom. The van der Waals surface area contributed by atoms with Gasteiger partial charge in [-0.3, -0.25) is 9.98 Å². The van der Waals surface area contributed by atoms with Crippen molar-refractivity contribution >= 4 is 22.7 Å². The number of halogens is 3. The lowest BCUT2D eigenvalue weighted by Crippen LogP contribution is -2.21. The van der Waals surface area contributed by atoms with Crippen LogP contribution in [-0.2, 0) is 11.3 Å². The number of alkyl halides is 3. The number of nitrogens with one attached hydrogen (secondary N) is 2. The van der Waals surface area contributed by atoms with E-state index in [0.29, 0.717) is 11.3 Å². The number of hydrogen-bond donors (Lipinski definition) is 4. The van der Waals surface area contributed by atoms with Crippen LogP contribution in [0, 0.1) is 5.41 Å². The smallest absolute Gasteiger partial charge is 0.490 e. The molecule has 2 aromatic rings. The summed E-state index contributed by atoms with van der Waals surface area (Å²) in [5.74, 6) is -1.55. The number of phenols is 1. The van der Waals surface area contributed by atoms with Crippen LogP contribution < -0.4 is 15.7 Å². The number of carbonyl (C=O) groups is 1. The minimum atomic E-state index is -5.08. The number of carboxylic acids is 1. The summed E-state index contributed by atoms with van der Waals surface area (Å²) in [6.07, 6.45) is -5.08. The molecule has 130 valence electrons. The van der Waals surface area contributed by atoms with Gasteiger partial charge in [-0.25, -0.2) is 9.78 Å². The quantitative estimate of drug-likeness (QED) is 0.617. The fourth-order valence-corrected chi connectivity index (χ4v) is 2.18. The first-order valence-corrected chi connectivity index (χ1v) is 6.56. The van der Waals surface area contributed by atoms with Crippen molar-refractivity contribution in [2.75, 3.05) is 19.0 Å². The van der Waals surface area contributed by atoms with Gasteiger partial charge in [-0.05, 0) is 12.1 Å². The van der Waals surface area contributed by atoms with Gasteiger partial charge >= 0.3 is 12.1 Å². The van der Waals surface area contributed by atoms with Crippen LogP contribution in [0.4, 0.5) is 19.0 Å². The second-order valence-electron chi connectivity index (χ2n) is 4.68. The summed E-state index contributed by atoms with van der Waals surface area (Å²) in [6, 6.07) is 3.36. The molecule has 0 bridgehead atoms. The third kappa shape index (κ3) is 3.19. The Kier molecular flexibility index (Phi) is 4.53. The summed E-state index contributed by atoms with van der Waals surface area (Å²) in [7, 11) is 1.48. The van der Waals surface area contributed by atoms with E-state index in [-0.39, 0.29) is 11.4 Å². The third-order valence-electron chi connectivity index (χ3n) is 3.18. The zero-order valence-corrected chi connectivity index (χ0v) is 12.3. The second kappa shape index (κ2) is 6.26. The number of ether oxygens (including phenoxy) is 1. The average Bonchev–Trinajstić information content (AvgIpc) is 2.97. The Bertz CT molecular complexity index is 848. The van der Waals surface area contributed by atoms with Gasteiger partial charge < -0.3 is 20.3 Å². The van der Waals surface area contributed by atoms with Crippen molar-refractivity contribution in [3.63, 3.8) is 0 Å². The van der Waals surface area contributed by atoms with Crippen LogP contribution >= 0.6 is 0 Å². The van der Waals surface area contributed by atoms with Gasteiger partial charge in [0.25, 0.3) is 0 Å². The Labute approximate surface area is 132 Å². The molecule has 0 saturated heterocycles. The molecule has 0 atom stereocenters. The molecule has 1 aromatic heterocycles. The number of aliphatic carboxylic acids is 1. The molecule has 11 heteroatoms. The summed E-state index contributed by atoms with van der Waals surface area (Å²) in [5.41, 5.74) is 0.680. The highest BCUT2D eigenvalue weighted by Crippen LogP contribution is 2.35. The molecule has 0 aliphatic carbocycles. The van der Waals surface area contributed by atoms with Crippen molar-refractivity contribution in [1.29, 1.82) is 5.41 Å². The Morgan fingerprint density at radius 3 is 2.62 bits per heavy atom. The maximum absolute atomic E-state index is 10.6. The van der Waals surface area contributed by atoms with E-state index in [0.717, 1.165) is 24.3 Å². The number of phenolic OH excluding ortho intramolecular Hbond substituents is 1. The van der Waals surface area contributed by atoms with Crippen molar-refractivity contribution in [2.45, 2.75) is 12.7 Å². The average molecular weight is 346 g/mol. The molecule has 0 amide bonds. The van der Waals surface area contributed by atoms with Gasteiger partial charge in [0.1, 0.15) is 11.3 Å². The number of aromatic nitrogens is 2. The zero-order chi connectivity index (χ0) is 18.1. The number of benzene rings is 1. The van der Waals surface area contributed by atoms with Crippen LogP contribution in [-0.4, -0.2) is 45.6 Å². The first-order chi connectivity index (χ1) is 11.2. The highest BCUT2D eigenvalue weighted by molar-refractivity contribution is 5.95. The van der Waals surface area contributed by atoms with Gasteiger partial charge in [0.15, 0.2) is 11.5 Å². The maximum Gasteiger partial charge on any atom is 0.490 e. The van der Waals surface area contributed by atoms with Crippen LogP contribution in [0.3, 0.4) is 0 Å². The van der Waals surface area contributed by atoms with Crippen LogP contribution in [0.1, 0.15) is 0 Å². The molecule has 0 unspecified atom stereocenters. The number of hydrogen-bond acceptors (Lipinski definition) is 6. The van der Waals surface area contributed by atoms with E-state index in [1.165, 1.54) is 7.11 Å². The van der Waals surface area contributed by atoms with Crippen molar-refractivity contribution in [3.05, 3.63) is 17.8 Å². The number of aromatic hydroxyl groups is 1. The molecule has 1 aromatic carbocycles. The highest BCUT2D eigenvalue weighted by Gasteiger charge is 2.38. The van der Waals surface area contributed by atoms with Gasteiger partial charge in [0, 0.05) is 18.5 Å². The monoisotopic (exact) mass is 346 g/mol. The van der Waals surface area contributed by atoms with Gasteiger partial charge in [-0.15, -0.1) is 0 Å². The molecular formula is C13H13F3N4O4. The number of methoxy groups -OCH3 is 1. The van der Waals surface area contributed by atoms with Crippen molar-refractivity contribution in [3.8, 4) is 11.5 Å². The standard InChI is InChI=1S/C11H12N4O2.C2HF3O2/c1-17-9-7(16)3-2-6-8(9)14-11(12)15-5-4-13-10(6)15;3-2(4,5)1(6)7/h2-3,12-13,16H,4-5H2,1H3;(H,6,7). The van der Waals surface area contributed by atoms with Gasteiger partial charge in [-0.2, -0.15) is 13.2 Å². The fraction of sp³-hybridized carbons (Fsp3) is 0.308. The summed E-state index contributed by atoms with van der Waals surface area (Å²) < 4.78 is 38.7. The van der Waals surface area contributed by atoms with Crippen molar-refractivity contribution in [1.82, 2.24) is 9.55 Å². The summed E-state index contributed by atoms with van der Waals surface area (Å²) in [4.78, 5) is 13.1. The minimum absolute atomic E-state index is 0.0369. The topological polar surface area (TPSA) is 120 Å². The van der Waals surface area contributed by atoms with Gasteiger partial charge in [0.2, 0.25) is 5.62 Å². The zero-order valence-electron chi connectivity index (χ0n) is 12.3. The van der Waals surface area contributed by atoms with Gasteiger partial charge in [0.05, 0.1) is 7.11 Å².